The lowest BCUT2D eigenvalue weighted by Gasteiger charge is -2.26. The number of primary sulfonamides is 1. The molecule has 4 rings (SSSR count). The second-order valence-electron chi connectivity index (χ2n) is 10.6. The number of nitro groups is 2. The molecule has 2 aliphatic heterocycles. The Morgan fingerprint density at radius 2 is 1.08 bits per heavy atom. The van der Waals surface area contributed by atoms with E-state index in [-0.39, 0.29) is 50.5 Å². The van der Waals surface area contributed by atoms with Crippen LogP contribution in [0.1, 0.15) is 102 Å². The summed E-state index contributed by atoms with van der Waals surface area (Å²) in [7, 11) is -3.17. The van der Waals surface area contributed by atoms with Gasteiger partial charge in [-0.05, 0) is 101 Å². The lowest BCUT2D eigenvalue weighted by molar-refractivity contribution is -0.385. The van der Waals surface area contributed by atoms with Crippen molar-refractivity contribution in [2.24, 2.45) is 5.14 Å². The molecule has 0 atom stereocenters. The van der Waals surface area contributed by atoms with Gasteiger partial charge in [-0.1, -0.05) is 49.5 Å². The average Bonchev–Trinajstić information content (AvgIpc) is 3.10. The smallest absolute Gasteiger partial charge is 0.269 e. The summed E-state index contributed by atoms with van der Waals surface area (Å²) in [6.45, 7) is 14.2. The minimum Gasteiger partial charge on any atom is -0.339 e. The minimum absolute atomic E-state index is 0. The summed E-state index contributed by atoms with van der Waals surface area (Å²) < 4.78 is 18.8. The molecule has 2 fully saturated rings. The molecule has 3 N–H and O–H groups in total. The van der Waals surface area contributed by atoms with Crippen molar-refractivity contribution < 1.29 is 27.9 Å². The SMILES string of the molecule is C.C.C.C1CCNCC1.CCN(CC)CC.CS(N)(=O)=O.ClCCl.O=C(Cl)c1ccc([N+](=O)[O-])cc1.O=C(c1ccc([N+](=O)[O-])cc1)N1CCCCC1. The number of likely N-dealkylation sites (tertiary alicyclic amines) is 1. The Kier molecular flexibility index (Phi) is 40.4. The number of nitro benzene ring substituents is 2. The first kappa shape index (κ1) is 59.4. The third-order valence-electron chi connectivity index (χ3n) is 6.82. The van der Waals surface area contributed by atoms with E-state index in [0.717, 1.165) is 32.2 Å². The highest BCUT2D eigenvalue weighted by molar-refractivity contribution is 7.88. The number of carbonyl (C=O) groups excluding carboxylic acids is 2. The Hall–Kier alpha value is -2.92. The van der Waals surface area contributed by atoms with Crippen molar-refractivity contribution >= 4 is 67.4 Å². The molecule has 2 saturated heterocycles. The Morgan fingerprint density at radius 3 is 1.30 bits per heavy atom. The maximum Gasteiger partial charge on any atom is 0.269 e. The molecule has 308 valence electrons. The van der Waals surface area contributed by atoms with E-state index < -0.39 is 25.1 Å². The van der Waals surface area contributed by atoms with E-state index in [0.29, 0.717) is 5.56 Å². The summed E-state index contributed by atoms with van der Waals surface area (Å²) in [5, 5.41) is 27.8. The summed E-state index contributed by atoms with van der Waals surface area (Å²) >= 11 is 14.7. The van der Waals surface area contributed by atoms with Crippen LogP contribution in [0.5, 0.6) is 0 Å². The molecule has 0 aromatic heterocycles. The predicted molar refractivity (Wildman–Crippen MR) is 222 cm³/mol. The fourth-order valence-electron chi connectivity index (χ4n) is 4.19. The molecule has 2 heterocycles. The van der Waals surface area contributed by atoms with Crippen molar-refractivity contribution in [2.45, 2.75) is 81.6 Å². The van der Waals surface area contributed by atoms with Crippen molar-refractivity contribution in [3.8, 4) is 0 Å². The highest BCUT2D eigenvalue weighted by Gasteiger charge is 2.18. The van der Waals surface area contributed by atoms with Crippen molar-refractivity contribution in [2.75, 3.05) is 57.4 Å². The summed E-state index contributed by atoms with van der Waals surface area (Å²) in [6, 6.07) is 10.9. The van der Waals surface area contributed by atoms with Gasteiger partial charge in [-0.3, -0.25) is 29.8 Å². The Morgan fingerprint density at radius 1 is 0.755 bits per heavy atom. The number of benzene rings is 2. The number of hydrogen-bond donors (Lipinski definition) is 2. The number of amides is 1. The number of nitrogens with one attached hydrogen (secondary N) is 1. The molecule has 0 radical (unpaired) electrons. The van der Waals surface area contributed by atoms with Crippen LogP contribution in [-0.2, 0) is 10.0 Å². The van der Waals surface area contributed by atoms with Gasteiger partial charge in [0, 0.05) is 48.5 Å². The van der Waals surface area contributed by atoms with Crippen LogP contribution in [0, 0.1) is 20.2 Å². The van der Waals surface area contributed by atoms with Gasteiger partial charge in [0.15, 0.2) is 0 Å². The zero-order valence-corrected chi connectivity index (χ0v) is 32.3. The lowest BCUT2D eigenvalue weighted by Crippen LogP contribution is -2.35. The van der Waals surface area contributed by atoms with Crippen LogP contribution in [0.2, 0.25) is 0 Å². The summed E-state index contributed by atoms with van der Waals surface area (Å²) in [5.41, 5.74) is 0.733. The molecule has 2 aromatic rings. The van der Waals surface area contributed by atoms with Crippen LogP contribution >= 0.6 is 34.8 Å². The van der Waals surface area contributed by atoms with E-state index in [1.165, 1.54) is 107 Å². The Balaban J connectivity index is -0.000000188. The number of carbonyl (C=O) groups is 2. The van der Waals surface area contributed by atoms with Crippen LogP contribution in [0.15, 0.2) is 48.5 Å². The first-order valence-electron chi connectivity index (χ1n) is 16.1. The van der Waals surface area contributed by atoms with E-state index in [9.17, 15) is 38.2 Å². The van der Waals surface area contributed by atoms with Crippen LogP contribution < -0.4 is 10.5 Å². The summed E-state index contributed by atoms with van der Waals surface area (Å²) in [5.74, 6) is -0.0282. The number of piperidine rings is 2. The first-order chi connectivity index (χ1) is 23.6. The number of non-ortho nitro benzene ring substituents is 2. The Bertz CT molecular complexity index is 1280. The summed E-state index contributed by atoms with van der Waals surface area (Å²) in [6.07, 6.45) is 8.40. The van der Waals surface area contributed by atoms with Gasteiger partial charge in [-0.15, -0.1) is 23.2 Å². The third kappa shape index (κ3) is 33.4. The molecule has 2 aromatic carbocycles. The quantitative estimate of drug-likeness (QED) is 0.118. The third-order valence-corrected chi connectivity index (χ3v) is 7.04. The normalized spacial score (nSPS) is 12.7. The predicted octanol–water partition coefficient (Wildman–Crippen LogP) is 8.54. The van der Waals surface area contributed by atoms with Gasteiger partial charge >= 0.3 is 0 Å². The number of halogens is 3. The molecule has 0 spiro atoms. The first-order valence-corrected chi connectivity index (χ1v) is 19.5. The summed E-state index contributed by atoms with van der Waals surface area (Å²) in [4.78, 5) is 46.4. The largest absolute Gasteiger partial charge is 0.339 e. The van der Waals surface area contributed by atoms with Crippen LogP contribution in [0.25, 0.3) is 0 Å². The number of sulfonamides is 1. The molecular formula is C35H63Cl3N6O8S. The van der Waals surface area contributed by atoms with Crippen molar-refractivity contribution in [1.29, 1.82) is 0 Å². The molecular weight excluding hydrogens is 771 g/mol. The van der Waals surface area contributed by atoms with Gasteiger partial charge < -0.3 is 15.1 Å². The standard InChI is InChI=1S/C12H14N2O3.C7H4ClNO3.C6H15N.C5H11N.CH2Cl2.CH5NO2S.3CH4/c15-12(13-8-2-1-3-9-13)10-4-6-11(7-5-10)14(16)17;8-7(10)5-1-3-6(4-2-5)9(11)12;1-4-7(5-2)6-3;1-2-4-6-5-3-1;2-1-3;1-5(2,3)4;;;/h4-7H,1-3,8-9H2;1-4H;4-6H2,1-3H3;6H,1-5H2;1H2;1H3,(H2,2,3,4);3*1H4. The second kappa shape index (κ2) is 36.1. The number of nitrogens with zero attached hydrogens (tertiary/aromatic N) is 4. The molecule has 0 saturated carbocycles. The zero-order valence-electron chi connectivity index (χ0n) is 29.2. The van der Waals surface area contributed by atoms with E-state index in [4.69, 9.17) is 34.8 Å². The van der Waals surface area contributed by atoms with Crippen LogP contribution in [-0.4, -0.2) is 96.6 Å². The number of rotatable bonds is 7. The van der Waals surface area contributed by atoms with Gasteiger partial charge in [0.05, 0.1) is 21.4 Å². The molecule has 1 amide bonds. The topological polar surface area (TPSA) is 199 Å². The highest BCUT2D eigenvalue weighted by atomic mass is 35.5. The highest BCUT2D eigenvalue weighted by Crippen LogP contribution is 2.16. The minimum atomic E-state index is -3.17. The molecule has 14 nitrogen and oxygen atoms in total. The van der Waals surface area contributed by atoms with E-state index in [1.54, 1.807) is 0 Å². The fourth-order valence-corrected chi connectivity index (χ4v) is 4.32. The number of hydrogen-bond acceptors (Lipinski definition) is 10. The van der Waals surface area contributed by atoms with Gasteiger partial charge in [0.25, 0.3) is 22.5 Å². The molecule has 2 aliphatic rings. The maximum atomic E-state index is 12.0. The lowest BCUT2D eigenvalue weighted by atomic mass is 10.1. The van der Waals surface area contributed by atoms with Crippen molar-refractivity contribution in [3.63, 3.8) is 0 Å². The van der Waals surface area contributed by atoms with Gasteiger partial charge in [0.2, 0.25) is 10.0 Å². The van der Waals surface area contributed by atoms with Crippen LogP contribution in [0.4, 0.5) is 11.4 Å². The maximum absolute atomic E-state index is 12.0. The van der Waals surface area contributed by atoms with Gasteiger partial charge in [-0.2, -0.15) is 0 Å². The molecule has 0 unspecified atom stereocenters. The number of nitrogens with two attached hydrogens (primary N) is 1. The van der Waals surface area contributed by atoms with E-state index >= 15 is 0 Å². The average molecular weight is 834 g/mol. The van der Waals surface area contributed by atoms with Gasteiger partial charge in [0.1, 0.15) is 0 Å². The van der Waals surface area contributed by atoms with E-state index in [2.05, 4.69) is 36.1 Å². The molecule has 53 heavy (non-hydrogen) atoms. The Labute approximate surface area is 333 Å². The van der Waals surface area contributed by atoms with Gasteiger partial charge in [-0.25, -0.2) is 13.6 Å². The van der Waals surface area contributed by atoms with Crippen LogP contribution in [0.3, 0.4) is 0 Å². The monoisotopic (exact) mass is 832 g/mol. The van der Waals surface area contributed by atoms with E-state index in [1.807, 2.05) is 4.90 Å². The fraction of sp³-hybridized carbons (Fsp3) is 0.600. The molecule has 0 bridgehead atoms. The molecule has 0 aliphatic carbocycles. The zero-order chi connectivity index (χ0) is 38.5. The molecule has 18 heteroatoms. The van der Waals surface area contributed by atoms with Crippen molar-refractivity contribution in [3.05, 3.63) is 79.9 Å². The number of alkyl halides is 2. The second-order valence-corrected chi connectivity index (χ2v) is 13.4. The van der Waals surface area contributed by atoms with Crippen molar-refractivity contribution in [1.82, 2.24) is 15.1 Å².